The molecule has 0 bridgehead atoms. The van der Waals surface area contributed by atoms with Crippen molar-refractivity contribution in [3.63, 3.8) is 0 Å². The maximum Gasteiger partial charge on any atom is 0.325 e. The van der Waals surface area contributed by atoms with Gasteiger partial charge in [-0.25, -0.2) is 0 Å². The number of ether oxygens (including phenoxy) is 1. The molecule has 0 aliphatic carbocycles. The molecule has 0 N–H and O–H groups in total. The van der Waals surface area contributed by atoms with Crippen molar-refractivity contribution in [1.29, 1.82) is 0 Å². The molecule has 0 fully saturated rings. The number of esters is 1. The largest absolute Gasteiger partial charge is 0.468 e. The van der Waals surface area contributed by atoms with Crippen LogP contribution in [0.4, 0.5) is 0 Å². The van der Waals surface area contributed by atoms with Crippen molar-refractivity contribution in [3.05, 3.63) is 0 Å². The van der Waals surface area contributed by atoms with Crippen LogP contribution in [0.3, 0.4) is 0 Å². The second-order valence-electron chi connectivity index (χ2n) is 5.47. The average Bonchev–Trinajstić information content (AvgIpc) is 1.99. The number of carbonyl (C=O) groups is 1. The molecule has 14 heavy (non-hydrogen) atoms. The van der Waals surface area contributed by atoms with Gasteiger partial charge in [0.2, 0.25) is 0 Å². The molecule has 0 aromatic carbocycles. The molecular weight excluding hydrogens is 178 g/mol. The first-order chi connectivity index (χ1) is 6.11. The number of hydrogen-bond donors (Lipinski definition) is 0. The topological polar surface area (TPSA) is 29.5 Å². The first kappa shape index (κ1) is 13.4. The highest BCUT2D eigenvalue weighted by Crippen LogP contribution is 2.21. The first-order valence-electron chi connectivity index (χ1n) is 4.91. The summed E-state index contributed by atoms with van der Waals surface area (Å²) in [7, 11) is 3.37. The maximum atomic E-state index is 11.5. The van der Waals surface area contributed by atoms with Gasteiger partial charge in [0.15, 0.2) is 0 Å². The van der Waals surface area contributed by atoms with Gasteiger partial charge in [0.25, 0.3) is 0 Å². The summed E-state index contributed by atoms with van der Waals surface area (Å²) in [5.74, 6) is -0.191. The third-order valence-electron chi connectivity index (χ3n) is 2.35. The molecular formula is C11H23NO2. The Hall–Kier alpha value is -0.570. The molecule has 0 unspecified atom stereocenters. The van der Waals surface area contributed by atoms with Crippen molar-refractivity contribution in [1.82, 2.24) is 4.90 Å². The van der Waals surface area contributed by atoms with Crippen molar-refractivity contribution in [2.24, 2.45) is 5.41 Å². The molecule has 0 spiro atoms. The molecule has 3 nitrogen and oxygen atoms in total. The van der Waals surface area contributed by atoms with Crippen molar-refractivity contribution >= 4 is 5.97 Å². The van der Waals surface area contributed by atoms with E-state index in [0.29, 0.717) is 0 Å². The molecule has 0 atom stereocenters. The van der Waals surface area contributed by atoms with E-state index >= 15 is 0 Å². The molecule has 0 amide bonds. The van der Waals surface area contributed by atoms with Crippen LogP contribution in [0, 0.1) is 5.41 Å². The zero-order valence-corrected chi connectivity index (χ0v) is 10.5. The Morgan fingerprint density at radius 2 is 1.64 bits per heavy atom. The Bertz CT molecular complexity index is 204. The summed E-state index contributed by atoms with van der Waals surface area (Å²) in [6, 6.07) is 0. The molecule has 3 heteroatoms. The van der Waals surface area contributed by atoms with E-state index in [1.807, 2.05) is 25.8 Å². The summed E-state index contributed by atoms with van der Waals surface area (Å²) >= 11 is 0. The summed E-state index contributed by atoms with van der Waals surface area (Å²) in [6.07, 6.45) is 0. The summed E-state index contributed by atoms with van der Waals surface area (Å²) in [5.41, 5.74) is -0.373. The standard InChI is InChI=1S/C11H23NO2/c1-10(2,3)8-12(6)11(4,5)9(13)14-7/h8H2,1-7H3. The Kier molecular flexibility index (Phi) is 4.13. The number of carbonyl (C=O) groups excluding carboxylic acids is 1. The molecule has 0 rings (SSSR count). The van der Waals surface area contributed by atoms with Gasteiger partial charge in [-0.1, -0.05) is 20.8 Å². The number of rotatable bonds is 3. The smallest absolute Gasteiger partial charge is 0.325 e. The predicted molar refractivity (Wildman–Crippen MR) is 58.2 cm³/mol. The van der Waals surface area contributed by atoms with Gasteiger partial charge in [0.1, 0.15) is 5.54 Å². The fourth-order valence-corrected chi connectivity index (χ4v) is 1.31. The van der Waals surface area contributed by atoms with Gasteiger partial charge in [-0.3, -0.25) is 9.69 Å². The van der Waals surface area contributed by atoms with Crippen LogP contribution in [-0.2, 0) is 9.53 Å². The van der Waals surface area contributed by atoms with Crippen LogP contribution in [0.2, 0.25) is 0 Å². The van der Waals surface area contributed by atoms with Crippen molar-refractivity contribution < 1.29 is 9.53 Å². The van der Waals surface area contributed by atoms with Crippen molar-refractivity contribution in [3.8, 4) is 0 Å². The molecule has 0 aromatic rings. The Morgan fingerprint density at radius 3 is 1.93 bits per heavy atom. The van der Waals surface area contributed by atoms with E-state index in [4.69, 9.17) is 4.74 Å². The highest BCUT2D eigenvalue weighted by Gasteiger charge is 2.34. The van der Waals surface area contributed by atoms with E-state index in [2.05, 4.69) is 20.8 Å². The molecule has 0 radical (unpaired) electrons. The Morgan fingerprint density at radius 1 is 1.21 bits per heavy atom. The molecule has 0 saturated carbocycles. The van der Waals surface area contributed by atoms with E-state index in [9.17, 15) is 4.79 Å². The molecule has 0 saturated heterocycles. The Labute approximate surface area is 87.4 Å². The highest BCUT2D eigenvalue weighted by atomic mass is 16.5. The lowest BCUT2D eigenvalue weighted by Crippen LogP contribution is -2.51. The van der Waals surface area contributed by atoms with Crippen LogP contribution in [-0.4, -0.2) is 37.1 Å². The van der Waals surface area contributed by atoms with Crippen LogP contribution < -0.4 is 0 Å². The van der Waals surface area contributed by atoms with Crippen LogP contribution in [0.25, 0.3) is 0 Å². The third-order valence-corrected chi connectivity index (χ3v) is 2.35. The lowest BCUT2D eigenvalue weighted by atomic mass is 9.93. The van der Waals surface area contributed by atoms with E-state index in [1.165, 1.54) is 7.11 Å². The number of hydrogen-bond acceptors (Lipinski definition) is 3. The van der Waals surface area contributed by atoms with Gasteiger partial charge in [-0.2, -0.15) is 0 Å². The zero-order valence-electron chi connectivity index (χ0n) is 10.5. The van der Waals surface area contributed by atoms with Gasteiger partial charge >= 0.3 is 5.97 Å². The highest BCUT2D eigenvalue weighted by molar-refractivity contribution is 5.79. The van der Waals surface area contributed by atoms with Crippen molar-refractivity contribution in [2.75, 3.05) is 20.7 Å². The van der Waals surface area contributed by atoms with Crippen LogP contribution in [0.5, 0.6) is 0 Å². The number of methoxy groups -OCH3 is 1. The van der Waals surface area contributed by atoms with Crippen LogP contribution >= 0.6 is 0 Å². The minimum Gasteiger partial charge on any atom is -0.468 e. The summed E-state index contributed by atoms with van der Waals surface area (Å²) in [6.45, 7) is 11.1. The molecule has 0 heterocycles. The Balaban J connectivity index is 4.51. The molecule has 0 aliphatic rings. The quantitative estimate of drug-likeness (QED) is 0.653. The second-order valence-corrected chi connectivity index (χ2v) is 5.47. The summed E-state index contributed by atoms with van der Waals surface area (Å²) in [4.78, 5) is 13.5. The summed E-state index contributed by atoms with van der Waals surface area (Å²) in [5, 5.41) is 0. The van der Waals surface area contributed by atoms with Gasteiger partial charge in [-0.05, 0) is 26.3 Å². The normalized spacial score (nSPS) is 13.1. The maximum absolute atomic E-state index is 11.5. The van der Waals surface area contributed by atoms with Gasteiger partial charge < -0.3 is 4.74 Å². The predicted octanol–water partition coefficient (Wildman–Crippen LogP) is 1.92. The van der Waals surface area contributed by atoms with E-state index in [-0.39, 0.29) is 11.4 Å². The lowest BCUT2D eigenvalue weighted by Gasteiger charge is -2.37. The van der Waals surface area contributed by atoms with Crippen LogP contribution in [0.1, 0.15) is 34.6 Å². The fourth-order valence-electron chi connectivity index (χ4n) is 1.31. The zero-order chi connectivity index (χ0) is 11.6. The SMILES string of the molecule is COC(=O)C(C)(C)N(C)CC(C)(C)C. The fraction of sp³-hybridized carbons (Fsp3) is 0.909. The number of nitrogens with zero attached hydrogens (tertiary/aromatic N) is 1. The lowest BCUT2D eigenvalue weighted by molar-refractivity contribution is -0.152. The molecule has 0 aliphatic heterocycles. The number of likely N-dealkylation sites (N-methyl/N-ethyl adjacent to an activating group) is 1. The van der Waals surface area contributed by atoms with Gasteiger partial charge in [-0.15, -0.1) is 0 Å². The van der Waals surface area contributed by atoms with Gasteiger partial charge in [0, 0.05) is 6.54 Å². The monoisotopic (exact) mass is 201 g/mol. The van der Waals surface area contributed by atoms with Gasteiger partial charge in [0.05, 0.1) is 7.11 Å². The minimum atomic E-state index is -0.554. The first-order valence-corrected chi connectivity index (χ1v) is 4.91. The molecule has 84 valence electrons. The van der Waals surface area contributed by atoms with E-state index in [0.717, 1.165) is 6.54 Å². The second kappa shape index (κ2) is 4.30. The molecule has 0 aromatic heterocycles. The minimum absolute atomic E-state index is 0.181. The average molecular weight is 201 g/mol. The van der Waals surface area contributed by atoms with E-state index in [1.54, 1.807) is 0 Å². The third kappa shape index (κ3) is 3.66. The van der Waals surface area contributed by atoms with Crippen molar-refractivity contribution in [2.45, 2.75) is 40.2 Å². The van der Waals surface area contributed by atoms with E-state index < -0.39 is 5.54 Å². The van der Waals surface area contributed by atoms with Crippen LogP contribution in [0.15, 0.2) is 0 Å². The summed E-state index contributed by atoms with van der Waals surface area (Å²) < 4.78 is 4.77.